The highest BCUT2D eigenvalue weighted by Crippen LogP contribution is 2.30. The van der Waals surface area contributed by atoms with Gasteiger partial charge in [-0.1, -0.05) is 58.4 Å². The lowest BCUT2D eigenvalue weighted by atomic mass is 10.2. The first-order chi connectivity index (χ1) is 14.8. The van der Waals surface area contributed by atoms with Crippen LogP contribution in [0.3, 0.4) is 0 Å². The predicted octanol–water partition coefficient (Wildman–Crippen LogP) is 4.53. The fraction of sp³-hybridized carbons (Fsp3) is 0.111. The largest absolute Gasteiger partial charge is 0.326 e. The molecular formula is C18H13Cl2N5O3S3. The fourth-order valence-corrected chi connectivity index (χ4v) is 5.88. The number of amides is 1. The zero-order chi connectivity index (χ0) is 22.0. The van der Waals surface area contributed by atoms with Gasteiger partial charge in [-0.2, -0.15) is 8.42 Å². The van der Waals surface area contributed by atoms with Crippen molar-refractivity contribution in [2.75, 3.05) is 16.4 Å². The Morgan fingerprint density at radius 2 is 1.90 bits per heavy atom. The van der Waals surface area contributed by atoms with Gasteiger partial charge >= 0.3 is 0 Å². The third-order valence-electron chi connectivity index (χ3n) is 4.02. The number of halogens is 2. The molecule has 1 aromatic heterocycles. The zero-order valence-corrected chi connectivity index (χ0v) is 19.5. The number of carbonyl (C=O) groups is 1. The van der Waals surface area contributed by atoms with Crippen molar-refractivity contribution in [3.05, 3.63) is 58.1 Å². The van der Waals surface area contributed by atoms with Crippen molar-refractivity contribution in [1.82, 2.24) is 10.2 Å². The molecule has 1 aliphatic heterocycles. The quantitative estimate of drug-likeness (QED) is 0.465. The van der Waals surface area contributed by atoms with E-state index < -0.39 is 10.0 Å². The number of carbonyl (C=O) groups excluding carboxylic acids is 1. The van der Waals surface area contributed by atoms with Crippen LogP contribution in [0.1, 0.15) is 12.0 Å². The maximum atomic E-state index is 12.1. The molecule has 31 heavy (non-hydrogen) atoms. The molecule has 0 aliphatic carbocycles. The summed E-state index contributed by atoms with van der Waals surface area (Å²) in [6.45, 7) is 0. The van der Waals surface area contributed by atoms with E-state index >= 15 is 0 Å². The predicted molar refractivity (Wildman–Crippen MR) is 124 cm³/mol. The molecule has 0 atom stereocenters. The minimum Gasteiger partial charge on any atom is -0.326 e. The molecule has 2 aromatic carbocycles. The molecule has 4 rings (SSSR count). The van der Waals surface area contributed by atoms with E-state index in [-0.39, 0.29) is 23.1 Å². The first-order valence-corrected chi connectivity index (χ1v) is 12.7. The van der Waals surface area contributed by atoms with E-state index in [1.165, 1.54) is 29.2 Å². The van der Waals surface area contributed by atoms with Crippen molar-refractivity contribution in [2.45, 2.75) is 15.7 Å². The normalized spacial score (nSPS) is 14.1. The molecule has 0 fully saturated rings. The van der Waals surface area contributed by atoms with Crippen LogP contribution in [0.4, 0.5) is 10.8 Å². The third-order valence-corrected chi connectivity index (χ3v) is 8.07. The van der Waals surface area contributed by atoms with E-state index in [0.29, 0.717) is 36.5 Å². The number of thioether (sulfide) groups is 1. The van der Waals surface area contributed by atoms with Gasteiger partial charge in [0.1, 0.15) is 4.90 Å². The van der Waals surface area contributed by atoms with Crippen molar-refractivity contribution in [3.8, 4) is 0 Å². The van der Waals surface area contributed by atoms with Crippen LogP contribution in [0.5, 0.6) is 0 Å². The number of sulfonamides is 1. The topological polar surface area (TPSA) is 113 Å². The monoisotopic (exact) mass is 513 g/mol. The molecule has 3 aromatic rings. The number of nitrogens with zero attached hydrogens (tertiary/aromatic N) is 3. The van der Waals surface area contributed by atoms with Crippen LogP contribution in [0.15, 0.2) is 56.1 Å². The van der Waals surface area contributed by atoms with Crippen LogP contribution in [0.25, 0.3) is 0 Å². The van der Waals surface area contributed by atoms with Gasteiger partial charge in [-0.15, -0.1) is 14.6 Å². The Hall–Kier alpha value is -2.18. The van der Waals surface area contributed by atoms with Crippen LogP contribution in [0, 0.1) is 0 Å². The highest BCUT2D eigenvalue weighted by molar-refractivity contribution is 8.01. The maximum absolute atomic E-state index is 12.1. The van der Waals surface area contributed by atoms with Gasteiger partial charge in [0.15, 0.2) is 10.2 Å². The van der Waals surface area contributed by atoms with Gasteiger partial charge in [-0.3, -0.25) is 4.79 Å². The molecule has 1 aliphatic rings. The lowest BCUT2D eigenvalue weighted by molar-refractivity contribution is -0.115. The van der Waals surface area contributed by atoms with Crippen molar-refractivity contribution < 1.29 is 13.2 Å². The molecule has 2 N–H and O–H groups in total. The molecule has 1 amide bonds. The van der Waals surface area contributed by atoms with Crippen LogP contribution in [0.2, 0.25) is 10.0 Å². The molecular weight excluding hydrogens is 501 g/mol. The molecule has 160 valence electrons. The summed E-state index contributed by atoms with van der Waals surface area (Å²) in [7, 11) is -3.71. The van der Waals surface area contributed by atoms with Gasteiger partial charge in [0.2, 0.25) is 11.0 Å². The van der Waals surface area contributed by atoms with E-state index in [1.807, 2.05) is 0 Å². The minimum atomic E-state index is -3.71. The third kappa shape index (κ3) is 5.18. The Labute approximate surface area is 196 Å². The van der Waals surface area contributed by atoms with E-state index in [2.05, 4.69) is 25.2 Å². The summed E-state index contributed by atoms with van der Waals surface area (Å²) in [5.41, 5.74) is 1.06. The summed E-state index contributed by atoms with van der Waals surface area (Å²) in [6, 6.07) is 11.4. The van der Waals surface area contributed by atoms with E-state index in [1.54, 1.807) is 36.4 Å². The Bertz CT molecular complexity index is 1290. The molecule has 0 saturated carbocycles. The Balaban J connectivity index is 1.31. The number of hydrogen-bond acceptors (Lipinski definition) is 8. The standard InChI is InChI=1S/C18H13Cl2N5O3S3/c19-12-6-5-10(9-13(12)20)21-15(26)7-8-29-18-24-23-17(30-18)22-16-11-3-1-2-4-14(11)31(27,28)25-16/h1-6,9H,7-8H2,(H,21,26)(H,22,23,25). The van der Waals surface area contributed by atoms with Crippen molar-refractivity contribution in [3.63, 3.8) is 0 Å². The van der Waals surface area contributed by atoms with E-state index in [0.717, 1.165) is 0 Å². The second-order valence-corrected chi connectivity index (χ2v) is 10.9. The number of aromatic nitrogens is 2. The van der Waals surface area contributed by atoms with Crippen LogP contribution < -0.4 is 10.6 Å². The summed E-state index contributed by atoms with van der Waals surface area (Å²) in [6.07, 6.45) is 0.256. The summed E-state index contributed by atoms with van der Waals surface area (Å²) in [4.78, 5) is 12.3. The average molecular weight is 514 g/mol. The Kier molecular flexibility index (Phi) is 6.49. The SMILES string of the molecule is O=C(CCSc1nnc(NC2=NS(=O)(=O)c3ccccc32)s1)Nc1ccc(Cl)c(Cl)c1. The molecule has 0 radical (unpaired) electrons. The molecule has 8 nitrogen and oxygen atoms in total. The van der Waals surface area contributed by atoms with Crippen LogP contribution in [-0.4, -0.2) is 36.1 Å². The number of anilines is 2. The Morgan fingerprint density at radius 3 is 2.71 bits per heavy atom. The van der Waals surface area contributed by atoms with Crippen molar-refractivity contribution in [1.29, 1.82) is 0 Å². The summed E-state index contributed by atoms with van der Waals surface area (Å²) >= 11 is 14.4. The van der Waals surface area contributed by atoms with Gasteiger partial charge in [0.05, 0.1) is 10.0 Å². The van der Waals surface area contributed by atoms with Crippen molar-refractivity contribution in [2.24, 2.45) is 4.40 Å². The van der Waals surface area contributed by atoms with Gasteiger partial charge in [-0.05, 0) is 30.3 Å². The second-order valence-electron chi connectivity index (χ2n) is 6.18. The Morgan fingerprint density at radius 1 is 1.10 bits per heavy atom. The first-order valence-electron chi connectivity index (χ1n) is 8.74. The lowest BCUT2D eigenvalue weighted by Crippen LogP contribution is -2.12. The average Bonchev–Trinajstić information content (AvgIpc) is 3.27. The smallest absolute Gasteiger partial charge is 0.285 e. The number of benzene rings is 2. The maximum Gasteiger partial charge on any atom is 0.285 e. The highest BCUT2D eigenvalue weighted by atomic mass is 35.5. The highest BCUT2D eigenvalue weighted by Gasteiger charge is 2.29. The molecule has 13 heteroatoms. The minimum absolute atomic E-state index is 0.157. The molecule has 0 saturated heterocycles. The second kappa shape index (κ2) is 9.13. The summed E-state index contributed by atoms with van der Waals surface area (Å²) < 4.78 is 28.6. The molecule has 2 heterocycles. The number of rotatable bonds is 6. The van der Waals surface area contributed by atoms with Crippen LogP contribution in [-0.2, 0) is 14.8 Å². The van der Waals surface area contributed by atoms with Gasteiger partial charge < -0.3 is 10.6 Å². The number of hydrogen-bond donors (Lipinski definition) is 2. The lowest BCUT2D eigenvalue weighted by Gasteiger charge is -2.05. The number of nitrogens with one attached hydrogen (secondary N) is 2. The van der Waals surface area contributed by atoms with Gasteiger partial charge in [0.25, 0.3) is 10.0 Å². The number of amidine groups is 1. The fourth-order valence-electron chi connectivity index (χ4n) is 2.64. The summed E-state index contributed by atoms with van der Waals surface area (Å²) in [5.74, 6) is 0.528. The first kappa shape index (κ1) is 22.0. The van der Waals surface area contributed by atoms with Crippen LogP contribution >= 0.6 is 46.3 Å². The number of fused-ring (bicyclic) bond motifs is 1. The van der Waals surface area contributed by atoms with E-state index in [4.69, 9.17) is 23.2 Å². The zero-order valence-electron chi connectivity index (χ0n) is 15.5. The molecule has 0 spiro atoms. The van der Waals surface area contributed by atoms with Gasteiger partial charge in [-0.25, -0.2) is 0 Å². The van der Waals surface area contributed by atoms with Gasteiger partial charge in [0, 0.05) is 23.4 Å². The van der Waals surface area contributed by atoms with E-state index in [9.17, 15) is 13.2 Å². The van der Waals surface area contributed by atoms with Crippen molar-refractivity contribution >= 4 is 78.9 Å². The summed E-state index contributed by atoms with van der Waals surface area (Å²) in [5, 5.41) is 14.9. The molecule has 0 bridgehead atoms. The molecule has 0 unspecified atom stereocenters.